The van der Waals surface area contributed by atoms with Crippen molar-refractivity contribution in [3.8, 4) is 12.3 Å². The molecule has 1 amide bonds. The van der Waals surface area contributed by atoms with Crippen LogP contribution in [0.5, 0.6) is 0 Å². The van der Waals surface area contributed by atoms with Gasteiger partial charge in [0.25, 0.3) is 0 Å². The minimum absolute atomic E-state index is 0.141. The molecule has 0 aromatic rings. The van der Waals surface area contributed by atoms with Crippen LogP contribution in [0.4, 0.5) is 0 Å². The largest absolute Gasteiger partial charge is 0.355 e. The first-order valence-corrected chi connectivity index (χ1v) is 6.40. The summed E-state index contributed by atoms with van der Waals surface area (Å²) < 4.78 is 0. The molecule has 4 heteroatoms. The van der Waals surface area contributed by atoms with Gasteiger partial charge in [-0.2, -0.15) is 0 Å². The number of carbonyl (C=O) groups excluding carboxylic acids is 1. The summed E-state index contributed by atoms with van der Waals surface area (Å²) in [5.74, 6) is 4.93. The summed E-state index contributed by atoms with van der Waals surface area (Å²) in [6.45, 7) is 4.58. The third-order valence-corrected chi connectivity index (χ3v) is 3.45. The molecule has 0 aromatic heterocycles. The number of amides is 1. The molecule has 1 heterocycles. The van der Waals surface area contributed by atoms with Gasteiger partial charge in [0.15, 0.2) is 0 Å². The van der Waals surface area contributed by atoms with Crippen molar-refractivity contribution in [1.29, 1.82) is 0 Å². The van der Waals surface area contributed by atoms with Gasteiger partial charge < -0.3 is 10.6 Å². The topological polar surface area (TPSA) is 41.1 Å². The van der Waals surface area contributed by atoms with E-state index < -0.39 is 0 Å². The van der Waals surface area contributed by atoms with E-state index in [0.717, 1.165) is 24.6 Å². The average molecular weight is 226 g/mol. The SMILES string of the molecule is C#CCSCCNC(=O)[C@@H]1CNC[C@H]1C. The van der Waals surface area contributed by atoms with Crippen molar-refractivity contribution >= 4 is 17.7 Å². The molecule has 15 heavy (non-hydrogen) atoms. The van der Waals surface area contributed by atoms with Crippen LogP contribution in [-0.4, -0.2) is 37.0 Å². The molecule has 1 aliphatic heterocycles. The van der Waals surface area contributed by atoms with Crippen molar-refractivity contribution in [2.45, 2.75) is 6.92 Å². The highest BCUT2D eigenvalue weighted by Crippen LogP contribution is 2.15. The van der Waals surface area contributed by atoms with Crippen molar-refractivity contribution in [2.24, 2.45) is 11.8 Å². The van der Waals surface area contributed by atoms with Crippen molar-refractivity contribution < 1.29 is 4.79 Å². The summed E-state index contributed by atoms with van der Waals surface area (Å²) >= 11 is 1.67. The number of hydrogen-bond acceptors (Lipinski definition) is 3. The number of terminal acetylenes is 1. The van der Waals surface area contributed by atoms with Crippen LogP contribution in [0.2, 0.25) is 0 Å². The van der Waals surface area contributed by atoms with E-state index in [0.29, 0.717) is 12.5 Å². The first-order valence-electron chi connectivity index (χ1n) is 5.25. The highest BCUT2D eigenvalue weighted by atomic mass is 32.2. The number of hydrogen-bond donors (Lipinski definition) is 2. The Hall–Kier alpha value is -0.660. The zero-order valence-electron chi connectivity index (χ0n) is 9.08. The molecular formula is C11H18N2OS. The fourth-order valence-electron chi connectivity index (χ4n) is 1.67. The van der Waals surface area contributed by atoms with Gasteiger partial charge in [-0.25, -0.2) is 0 Å². The van der Waals surface area contributed by atoms with Gasteiger partial charge in [0.2, 0.25) is 5.91 Å². The third-order valence-electron chi connectivity index (χ3n) is 2.59. The molecule has 1 fully saturated rings. The number of carbonyl (C=O) groups is 1. The molecule has 0 aliphatic carbocycles. The molecule has 1 saturated heterocycles. The van der Waals surface area contributed by atoms with E-state index >= 15 is 0 Å². The highest BCUT2D eigenvalue weighted by Gasteiger charge is 2.28. The van der Waals surface area contributed by atoms with Crippen molar-refractivity contribution in [3.05, 3.63) is 0 Å². The van der Waals surface area contributed by atoms with Crippen LogP contribution in [-0.2, 0) is 4.79 Å². The fourth-order valence-corrected chi connectivity index (χ4v) is 2.18. The molecule has 84 valence electrons. The summed E-state index contributed by atoms with van der Waals surface area (Å²) in [5.41, 5.74) is 0. The summed E-state index contributed by atoms with van der Waals surface area (Å²) in [4.78, 5) is 11.7. The van der Waals surface area contributed by atoms with Gasteiger partial charge >= 0.3 is 0 Å². The normalized spacial score (nSPS) is 24.8. The van der Waals surface area contributed by atoms with Crippen molar-refractivity contribution in [2.75, 3.05) is 31.1 Å². The fraction of sp³-hybridized carbons (Fsp3) is 0.727. The van der Waals surface area contributed by atoms with Gasteiger partial charge in [-0.15, -0.1) is 18.2 Å². The quantitative estimate of drug-likeness (QED) is 0.524. The van der Waals surface area contributed by atoms with Crippen LogP contribution < -0.4 is 10.6 Å². The van der Waals surface area contributed by atoms with Crippen LogP contribution in [0.15, 0.2) is 0 Å². The lowest BCUT2D eigenvalue weighted by Crippen LogP contribution is -2.35. The number of nitrogens with one attached hydrogen (secondary N) is 2. The van der Waals surface area contributed by atoms with Gasteiger partial charge in [-0.3, -0.25) is 4.79 Å². The average Bonchev–Trinajstić information content (AvgIpc) is 2.64. The monoisotopic (exact) mass is 226 g/mol. The minimum Gasteiger partial charge on any atom is -0.355 e. The molecule has 1 rings (SSSR count). The molecule has 0 bridgehead atoms. The molecule has 0 aromatic carbocycles. The Bertz CT molecular complexity index is 249. The van der Waals surface area contributed by atoms with Crippen LogP contribution in [0.25, 0.3) is 0 Å². The molecule has 2 N–H and O–H groups in total. The molecule has 0 spiro atoms. The van der Waals surface area contributed by atoms with Crippen LogP contribution in [0.3, 0.4) is 0 Å². The van der Waals surface area contributed by atoms with Gasteiger partial charge in [-0.05, 0) is 12.5 Å². The molecule has 0 unspecified atom stereocenters. The third kappa shape index (κ3) is 4.15. The first kappa shape index (κ1) is 12.4. The maximum absolute atomic E-state index is 11.7. The van der Waals surface area contributed by atoms with Crippen LogP contribution in [0, 0.1) is 24.2 Å². The highest BCUT2D eigenvalue weighted by molar-refractivity contribution is 7.99. The van der Waals surface area contributed by atoms with E-state index in [2.05, 4.69) is 23.5 Å². The van der Waals surface area contributed by atoms with E-state index in [1.54, 1.807) is 11.8 Å². The van der Waals surface area contributed by atoms with Crippen molar-refractivity contribution in [3.63, 3.8) is 0 Å². The second-order valence-corrected chi connectivity index (χ2v) is 4.89. The lowest BCUT2D eigenvalue weighted by Gasteiger charge is -2.13. The molecule has 0 radical (unpaired) electrons. The zero-order chi connectivity index (χ0) is 11.1. The second kappa shape index (κ2) is 6.76. The zero-order valence-corrected chi connectivity index (χ0v) is 9.90. The Morgan fingerprint density at radius 1 is 1.67 bits per heavy atom. The standard InChI is InChI=1S/C11H18N2OS/c1-3-5-15-6-4-13-11(14)10-8-12-7-9(10)2/h1,9-10,12H,4-8H2,2H3,(H,13,14)/t9-,10-/m1/s1. The molecular weight excluding hydrogens is 208 g/mol. The molecule has 1 aliphatic rings. The summed E-state index contributed by atoms with van der Waals surface area (Å²) in [5, 5.41) is 6.17. The lowest BCUT2D eigenvalue weighted by molar-refractivity contribution is -0.125. The Kier molecular flexibility index (Phi) is 5.59. The van der Waals surface area contributed by atoms with Crippen LogP contribution in [0.1, 0.15) is 6.92 Å². The predicted molar refractivity (Wildman–Crippen MR) is 64.7 cm³/mol. The lowest BCUT2D eigenvalue weighted by atomic mass is 9.97. The van der Waals surface area contributed by atoms with Crippen LogP contribution >= 0.6 is 11.8 Å². The van der Waals surface area contributed by atoms with Gasteiger partial charge in [0.1, 0.15) is 0 Å². The Morgan fingerprint density at radius 3 is 3.07 bits per heavy atom. The Morgan fingerprint density at radius 2 is 2.47 bits per heavy atom. The van der Waals surface area contributed by atoms with Gasteiger partial charge in [0, 0.05) is 18.8 Å². The summed E-state index contributed by atoms with van der Waals surface area (Å²) in [7, 11) is 0. The summed E-state index contributed by atoms with van der Waals surface area (Å²) in [6.07, 6.45) is 5.12. The second-order valence-electron chi connectivity index (χ2n) is 3.79. The molecule has 2 atom stereocenters. The minimum atomic E-state index is 0.141. The maximum atomic E-state index is 11.7. The molecule has 0 saturated carbocycles. The molecule has 3 nitrogen and oxygen atoms in total. The van der Waals surface area contributed by atoms with E-state index in [1.807, 2.05) is 0 Å². The van der Waals surface area contributed by atoms with E-state index in [9.17, 15) is 4.79 Å². The Balaban J connectivity index is 2.11. The maximum Gasteiger partial charge on any atom is 0.224 e. The smallest absolute Gasteiger partial charge is 0.224 e. The van der Waals surface area contributed by atoms with E-state index in [1.165, 1.54) is 0 Å². The predicted octanol–water partition coefficient (Wildman–Crippen LogP) is 0.324. The van der Waals surface area contributed by atoms with E-state index in [-0.39, 0.29) is 11.8 Å². The first-order chi connectivity index (χ1) is 7.25. The van der Waals surface area contributed by atoms with E-state index in [4.69, 9.17) is 6.42 Å². The van der Waals surface area contributed by atoms with Gasteiger partial charge in [0.05, 0.1) is 11.7 Å². The summed E-state index contributed by atoms with van der Waals surface area (Å²) in [6, 6.07) is 0. The Labute approximate surface area is 95.8 Å². The number of rotatable bonds is 5. The van der Waals surface area contributed by atoms with Crippen molar-refractivity contribution in [1.82, 2.24) is 10.6 Å². The number of thioether (sulfide) groups is 1. The van der Waals surface area contributed by atoms with Gasteiger partial charge in [-0.1, -0.05) is 12.8 Å².